The van der Waals surface area contributed by atoms with Crippen molar-refractivity contribution < 1.29 is 14.3 Å². The summed E-state index contributed by atoms with van der Waals surface area (Å²) in [4.78, 5) is 23.9. The van der Waals surface area contributed by atoms with Crippen LogP contribution in [0.15, 0.2) is 29.4 Å². The van der Waals surface area contributed by atoms with Crippen molar-refractivity contribution in [2.45, 2.75) is 50.4 Å². The van der Waals surface area contributed by atoms with E-state index in [-0.39, 0.29) is 29.2 Å². The van der Waals surface area contributed by atoms with E-state index in [4.69, 9.17) is 10.5 Å². The van der Waals surface area contributed by atoms with Gasteiger partial charge in [0.1, 0.15) is 5.82 Å². The van der Waals surface area contributed by atoms with E-state index < -0.39 is 5.91 Å². The first-order chi connectivity index (χ1) is 13.5. The summed E-state index contributed by atoms with van der Waals surface area (Å²) >= 11 is 1.32. The first-order valence-corrected chi connectivity index (χ1v) is 10.3. The zero-order valence-corrected chi connectivity index (χ0v) is 16.9. The van der Waals surface area contributed by atoms with Gasteiger partial charge in [-0.25, -0.2) is 0 Å². The molecule has 1 aromatic heterocycles. The third kappa shape index (κ3) is 4.90. The molecule has 1 aliphatic rings. The Balaban J connectivity index is 1.67. The van der Waals surface area contributed by atoms with Crippen LogP contribution in [0.2, 0.25) is 0 Å². The van der Waals surface area contributed by atoms with E-state index in [9.17, 15) is 9.59 Å². The van der Waals surface area contributed by atoms with E-state index in [1.807, 2.05) is 0 Å². The van der Waals surface area contributed by atoms with Crippen molar-refractivity contribution in [2.24, 2.45) is 5.73 Å². The molecule has 1 unspecified atom stereocenters. The van der Waals surface area contributed by atoms with E-state index in [1.165, 1.54) is 11.8 Å². The molecule has 28 heavy (non-hydrogen) atoms. The third-order valence-electron chi connectivity index (χ3n) is 4.47. The van der Waals surface area contributed by atoms with Crippen LogP contribution in [-0.4, -0.2) is 45.0 Å². The molecule has 0 spiro atoms. The second-order valence-electron chi connectivity index (χ2n) is 6.99. The van der Waals surface area contributed by atoms with Crippen LogP contribution in [0.25, 0.3) is 0 Å². The number of thioether (sulfide) groups is 1. The number of aromatic nitrogens is 3. The van der Waals surface area contributed by atoms with Gasteiger partial charge in [-0.3, -0.25) is 9.59 Å². The van der Waals surface area contributed by atoms with Crippen LogP contribution in [0.3, 0.4) is 0 Å². The quantitative estimate of drug-likeness (QED) is 0.655. The summed E-state index contributed by atoms with van der Waals surface area (Å²) in [5.74, 6) is 0.435. The van der Waals surface area contributed by atoms with E-state index in [2.05, 4.69) is 33.9 Å². The molecule has 150 valence electrons. The highest BCUT2D eigenvalue weighted by atomic mass is 32.2. The Kier molecular flexibility index (Phi) is 6.69. The Morgan fingerprint density at radius 2 is 2.14 bits per heavy atom. The molecule has 2 amide bonds. The Morgan fingerprint density at radius 1 is 1.36 bits per heavy atom. The van der Waals surface area contributed by atoms with Crippen molar-refractivity contribution in [2.75, 3.05) is 17.7 Å². The van der Waals surface area contributed by atoms with Crippen LogP contribution in [0, 0.1) is 0 Å². The Hall–Kier alpha value is -2.39. The molecule has 8 nitrogen and oxygen atoms in total. The average Bonchev–Trinajstić information content (AvgIpc) is 3.30. The van der Waals surface area contributed by atoms with Crippen molar-refractivity contribution in [1.29, 1.82) is 0 Å². The lowest BCUT2D eigenvalue weighted by Gasteiger charge is -2.16. The minimum Gasteiger partial charge on any atom is -0.376 e. The molecule has 0 bridgehead atoms. The van der Waals surface area contributed by atoms with E-state index >= 15 is 0 Å². The van der Waals surface area contributed by atoms with Crippen LogP contribution in [0.1, 0.15) is 48.8 Å². The van der Waals surface area contributed by atoms with Crippen molar-refractivity contribution >= 4 is 29.3 Å². The summed E-state index contributed by atoms with van der Waals surface area (Å²) in [6.07, 6.45) is 2.24. The van der Waals surface area contributed by atoms with E-state index in [1.54, 1.807) is 24.3 Å². The highest BCUT2D eigenvalue weighted by Gasteiger charge is 2.22. The number of amides is 2. The summed E-state index contributed by atoms with van der Waals surface area (Å²) < 4.78 is 7.80. The smallest absolute Gasteiger partial charge is 0.250 e. The highest BCUT2D eigenvalue weighted by molar-refractivity contribution is 7.99. The van der Waals surface area contributed by atoms with Gasteiger partial charge in [0.15, 0.2) is 5.16 Å². The Bertz CT molecular complexity index is 846. The van der Waals surface area contributed by atoms with Crippen molar-refractivity contribution in [3.05, 3.63) is 35.7 Å². The number of carbonyl (C=O) groups excluding carboxylic acids is 2. The summed E-state index contributed by atoms with van der Waals surface area (Å²) in [7, 11) is 0. The number of nitrogens with one attached hydrogen (secondary N) is 1. The first-order valence-electron chi connectivity index (χ1n) is 9.32. The lowest BCUT2D eigenvalue weighted by atomic mass is 10.1. The van der Waals surface area contributed by atoms with Gasteiger partial charge in [0.25, 0.3) is 5.91 Å². The number of nitrogens with zero attached hydrogens (tertiary/aromatic N) is 3. The Morgan fingerprint density at radius 3 is 2.82 bits per heavy atom. The van der Waals surface area contributed by atoms with Crippen molar-refractivity contribution in [3.63, 3.8) is 0 Å². The maximum Gasteiger partial charge on any atom is 0.250 e. The summed E-state index contributed by atoms with van der Waals surface area (Å²) in [6, 6.07) is 6.67. The molecule has 2 aromatic rings. The molecular formula is C19H25N5O3S. The minimum atomic E-state index is -0.582. The standard InChI is InChI=1S/C19H25N5O3S/c1-12(2)18-22-23-19(24(18)10-13-6-5-9-27-13)28-11-16(25)21-15-8-4-3-7-14(15)17(20)26/h3-4,7-8,12-13H,5-6,9-11H2,1-2H3,(H2,20,26)(H,21,25). The first kappa shape index (κ1) is 20.3. The Labute approximate surface area is 168 Å². The van der Waals surface area contributed by atoms with Gasteiger partial charge in [0, 0.05) is 12.5 Å². The average molecular weight is 404 g/mol. The number of rotatable bonds is 8. The van der Waals surface area contributed by atoms with Crippen LogP contribution >= 0.6 is 11.8 Å². The molecule has 1 saturated heterocycles. The fourth-order valence-electron chi connectivity index (χ4n) is 3.12. The molecule has 3 rings (SSSR count). The van der Waals surface area contributed by atoms with Gasteiger partial charge >= 0.3 is 0 Å². The van der Waals surface area contributed by atoms with Crippen LogP contribution in [0.4, 0.5) is 5.69 Å². The predicted octanol–water partition coefficient (Wildman–Crippen LogP) is 2.41. The number of nitrogens with two attached hydrogens (primary N) is 1. The second-order valence-corrected chi connectivity index (χ2v) is 7.93. The zero-order chi connectivity index (χ0) is 20.1. The number of ether oxygens (including phenoxy) is 1. The van der Waals surface area contributed by atoms with Gasteiger partial charge in [-0.1, -0.05) is 37.7 Å². The molecule has 0 aliphatic carbocycles. The van der Waals surface area contributed by atoms with Gasteiger partial charge in [0.2, 0.25) is 5.91 Å². The molecule has 0 saturated carbocycles. The van der Waals surface area contributed by atoms with Crippen molar-refractivity contribution in [1.82, 2.24) is 14.8 Å². The number of carbonyl (C=O) groups is 2. The van der Waals surface area contributed by atoms with Gasteiger partial charge in [-0.15, -0.1) is 10.2 Å². The zero-order valence-electron chi connectivity index (χ0n) is 16.1. The van der Waals surface area contributed by atoms with Crippen molar-refractivity contribution in [3.8, 4) is 0 Å². The molecule has 1 aromatic carbocycles. The largest absolute Gasteiger partial charge is 0.376 e. The lowest BCUT2D eigenvalue weighted by molar-refractivity contribution is -0.113. The van der Waals surface area contributed by atoms with E-state index in [0.29, 0.717) is 17.4 Å². The summed E-state index contributed by atoms with van der Waals surface area (Å²) in [6.45, 7) is 5.61. The minimum absolute atomic E-state index is 0.148. The predicted molar refractivity (Wildman–Crippen MR) is 107 cm³/mol. The molecule has 1 fully saturated rings. The topological polar surface area (TPSA) is 112 Å². The second kappa shape index (κ2) is 9.20. The molecule has 1 aliphatic heterocycles. The number of para-hydroxylation sites is 1. The summed E-state index contributed by atoms with van der Waals surface area (Å²) in [5.41, 5.74) is 6.04. The molecule has 2 heterocycles. The maximum absolute atomic E-state index is 12.4. The van der Waals surface area contributed by atoms with Crippen LogP contribution < -0.4 is 11.1 Å². The molecule has 3 N–H and O–H groups in total. The fourth-order valence-corrected chi connectivity index (χ4v) is 3.88. The normalized spacial score (nSPS) is 16.5. The number of primary amides is 1. The molecule has 9 heteroatoms. The van der Waals surface area contributed by atoms with Crippen LogP contribution in [-0.2, 0) is 16.1 Å². The molecular weight excluding hydrogens is 378 g/mol. The summed E-state index contributed by atoms with van der Waals surface area (Å²) in [5, 5.41) is 12.0. The monoisotopic (exact) mass is 403 g/mol. The molecule has 0 radical (unpaired) electrons. The lowest BCUT2D eigenvalue weighted by Crippen LogP contribution is -2.20. The van der Waals surface area contributed by atoms with Gasteiger partial charge in [0.05, 0.1) is 29.7 Å². The van der Waals surface area contributed by atoms with E-state index in [0.717, 1.165) is 25.3 Å². The van der Waals surface area contributed by atoms with Gasteiger partial charge in [-0.2, -0.15) is 0 Å². The highest BCUT2D eigenvalue weighted by Crippen LogP contribution is 2.25. The number of hydrogen-bond acceptors (Lipinski definition) is 6. The molecule has 1 atom stereocenters. The van der Waals surface area contributed by atoms with Crippen LogP contribution in [0.5, 0.6) is 0 Å². The third-order valence-corrected chi connectivity index (χ3v) is 5.44. The van der Waals surface area contributed by atoms with Gasteiger partial charge in [-0.05, 0) is 25.0 Å². The number of benzene rings is 1. The maximum atomic E-state index is 12.4. The SMILES string of the molecule is CC(C)c1nnc(SCC(=O)Nc2ccccc2C(N)=O)n1CC1CCCO1. The number of anilines is 1. The fraction of sp³-hybridized carbons (Fsp3) is 0.474. The van der Waals surface area contributed by atoms with Gasteiger partial charge < -0.3 is 20.4 Å². The number of hydrogen-bond donors (Lipinski definition) is 2.